The Kier molecular flexibility index (Phi) is 5.92. The van der Waals surface area contributed by atoms with Crippen LogP contribution in [0.5, 0.6) is 0 Å². The smallest absolute Gasteiger partial charge is 0.326 e. The summed E-state index contributed by atoms with van der Waals surface area (Å²) in [5, 5.41) is 19.1. The van der Waals surface area contributed by atoms with Gasteiger partial charge in [0.1, 0.15) is 11.9 Å². The third kappa shape index (κ3) is 4.87. The fraction of sp³-hybridized carbons (Fsp3) is 0.250. The average molecular weight is 338 g/mol. The SMILES string of the molecule is O=C(O)CCC(NC(=O)c1cc(F)c(Cl)cc1Cl)C(=O)O. The molecular formula is C12H10Cl2FNO5. The van der Waals surface area contributed by atoms with Gasteiger partial charge in [-0.25, -0.2) is 9.18 Å². The molecule has 0 bridgehead atoms. The highest BCUT2D eigenvalue weighted by atomic mass is 35.5. The monoisotopic (exact) mass is 337 g/mol. The predicted molar refractivity (Wildman–Crippen MR) is 72.2 cm³/mol. The number of benzene rings is 1. The number of carbonyl (C=O) groups excluding carboxylic acids is 1. The van der Waals surface area contributed by atoms with Crippen LogP contribution in [-0.2, 0) is 9.59 Å². The molecule has 1 aromatic rings. The van der Waals surface area contributed by atoms with Crippen LogP contribution in [0.25, 0.3) is 0 Å². The maximum Gasteiger partial charge on any atom is 0.326 e. The van der Waals surface area contributed by atoms with Crippen molar-refractivity contribution >= 4 is 41.0 Å². The number of carboxylic acid groups (broad SMARTS) is 2. The Labute approximate surface area is 128 Å². The van der Waals surface area contributed by atoms with Crippen molar-refractivity contribution in [1.29, 1.82) is 0 Å². The highest BCUT2D eigenvalue weighted by molar-refractivity contribution is 6.36. The number of rotatable bonds is 6. The molecule has 0 saturated carbocycles. The lowest BCUT2D eigenvalue weighted by molar-refractivity contribution is -0.140. The van der Waals surface area contributed by atoms with Crippen LogP contribution in [0, 0.1) is 5.82 Å². The Morgan fingerprint density at radius 3 is 2.33 bits per heavy atom. The van der Waals surface area contributed by atoms with Gasteiger partial charge in [-0.1, -0.05) is 23.2 Å². The Hall–Kier alpha value is -1.86. The Morgan fingerprint density at radius 1 is 1.19 bits per heavy atom. The summed E-state index contributed by atoms with van der Waals surface area (Å²) >= 11 is 11.2. The second-order valence-electron chi connectivity index (χ2n) is 4.04. The third-order valence-corrected chi connectivity index (χ3v) is 3.11. The van der Waals surface area contributed by atoms with Crippen molar-refractivity contribution in [3.8, 4) is 0 Å². The second kappa shape index (κ2) is 7.24. The molecule has 0 radical (unpaired) electrons. The van der Waals surface area contributed by atoms with Crippen LogP contribution in [0.1, 0.15) is 23.2 Å². The highest BCUT2D eigenvalue weighted by Gasteiger charge is 2.23. The largest absolute Gasteiger partial charge is 0.481 e. The van der Waals surface area contributed by atoms with E-state index < -0.39 is 36.1 Å². The van der Waals surface area contributed by atoms with E-state index >= 15 is 0 Å². The third-order valence-electron chi connectivity index (χ3n) is 2.50. The summed E-state index contributed by atoms with van der Waals surface area (Å²) in [6.45, 7) is 0. The van der Waals surface area contributed by atoms with E-state index in [2.05, 4.69) is 5.32 Å². The van der Waals surface area contributed by atoms with Crippen LogP contribution < -0.4 is 5.32 Å². The van der Waals surface area contributed by atoms with Gasteiger partial charge < -0.3 is 15.5 Å². The molecule has 0 aliphatic rings. The first-order chi connectivity index (χ1) is 9.72. The molecule has 0 saturated heterocycles. The molecule has 0 aromatic heterocycles. The molecule has 6 nitrogen and oxygen atoms in total. The number of halogens is 3. The van der Waals surface area contributed by atoms with Gasteiger partial charge in [0, 0.05) is 6.42 Å². The van der Waals surface area contributed by atoms with E-state index in [9.17, 15) is 18.8 Å². The molecule has 1 amide bonds. The van der Waals surface area contributed by atoms with Crippen molar-refractivity contribution in [2.45, 2.75) is 18.9 Å². The summed E-state index contributed by atoms with van der Waals surface area (Å²) in [6, 6.07) is 0.361. The average Bonchev–Trinajstić information content (AvgIpc) is 2.37. The molecule has 0 aliphatic heterocycles. The van der Waals surface area contributed by atoms with Crippen LogP contribution in [0.3, 0.4) is 0 Å². The maximum atomic E-state index is 13.3. The van der Waals surface area contributed by atoms with E-state index in [4.69, 9.17) is 33.4 Å². The molecule has 0 aliphatic carbocycles. The number of hydrogen-bond acceptors (Lipinski definition) is 3. The van der Waals surface area contributed by atoms with E-state index in [-0.39, 0.29) is 22.0 Å². The van der Waals surface area contributed by atoms with E-state index in [1.54, 1.807) is 0 Å². The topological polar surface area (TPSA) is 104 Å². The Morgan fingerprint density at radius 2 is 1.81 bits per heavy atom. The lowest BCUT2D eigenvalue weighted by Gasteiger charge is -2.14. The number of nitrogens with one attached hydrogen (secondary N) is 1. The number of hydrogen-bond donors (Lipinski definition) is 3. The molecule has 0 heterocycles. The zero-order valence-electron chi connectivity index (χ0n) is 10.4. The fourth-order valence-corrected chi connectivity index (χ4v) is 1.93. The lowest BCUT2D eigenvalue weighted by Crippen LogP contribution is -2.41. The van der Waals surface area contributed by atoms with Gasteiger partial charge in [-0.3, -0.25) is 9.59 Å². The first-order valence-corrected chi connectivity index (χ1v) is 6.38. The lowest BCUT2D eigenvalue weighted by atomic mass is 10.1. The molecule has 21 heavy (non-hydrogen) atoms. The van der Waals surface area contributed by atoms with Crippen LogP contribution in [0.15, 0.2) is 12.1 Å². The Balaban J connectivity index is 2.89. The second-order valence-corrected chi connectivity index (χ2v) is 4.86. The summed E-state index contributed by atoms with van der Waals surface area (Å²) in [4.78, 5) is 33.2. The minimum atomic E-state index is -1.43. The summed E-state index contributed by atoms with van der Waals surface area (Å²) in [7, 11) is 0. The minimum absolute atomic E-state index is 0.152. The normalized spacial score (nSPS) is 11.8. The van der Waals surface area contributed by atoms with Gasteiger partial charge in [0.05, 0.1) is 15.6 Å². The van der Waals surface area contributed by atoms with E-state index in [1.807, 2.05) is 0 Å². The molecule has 1 atom stereocenters. The molecule has 3 N–H and O–H groups in total. The molecule has 1 rings (SSSR count). The quantitative estimate of drug-likeness (QED) is 0.690. The van der Waals surface area contributed by atoms with Crippen LogP contribution in [-0.4, -0.2) is 34.1 Å². The maximum absolute atomic E-state index is 13.3. The number of aliphatic carboxylic acids is 2. The van der Waals surface area contributed by atoms with Gasteiger partial charge in [-0.05, 0) is 18.6 Å². The van der Waals surface area contributed by atoms with Gasteiger partial charge in [0.2, 0.25) is 0 Å². The predicted octanol–water partition coefficient (Wildman–Crippen LogP) is 2.18. The van der Waals surface area contributed by atoms with Gasteiger partial charge in [0.25, 0.3) is 5.91 Å². The molecule has 0 spiro atoms. The minimum Gasteiger partial charge on any atom is -0.481 e. The molecule has 1 aromatic carbocycles. The number of carbonyl (C=O) groups is 3. The van der Waals surface area contributed by atoms with E-state index in [1.165, 1.54) is 0 Å². The van der Waals surface area contributed by atoms with Crippen LogP contribution in [0.4, 0.5) is 4.39 Å². The van der Waals surface area contributed by atoms with Gasteiger partial charge in [0.15, 0.2) is 0 Å². The van der Waals surface area contributed by atoms with E-state index in [0.29, 0.717) is 0 Å². The summed E-state index contributed by atoms with van der Waals surface area (Å²) < 4.78 is 13.3. The van der Waals surface area contributed by atoms with Crippen molar-refractivity contribution in [2.75, 3.05) is 0 Å². The van der Waals surface area contributed by atoms with Crippen molar-refractivity contribution in [1.82, 2.24) is 5.32 Å². The van der Waals surface area contributed by atoms with Crippen LogP contribution in [0.2, 0.25) is 10.0 Å². The summed E-state index contributed by atoms with van der Waals surface area (Å²) in [6.07, 6.45) is -0.760. The van der Waals surface area contributed by atoms with Gasteiger partial charge in [-0.15, -0.1) is 0 Å². The van der Waals surface area contributed by atoms with Gasteiger partial charge in [-0.2, -0.15) is 0 Å². The van der Waals surface area contributed by atoms with Crippen molar-refractivity contribution in [3.05, 3.63) is 33.6 Å². The van der Waals surface area contributed by atoms with Crippen LogP contribution >= 0.6 is 23.2 Å². The molecule has 9 heteroatoms. The first-order valence-electron chi connectivity index (χ1n) is 5.62. The molecule has 0 fully saturated rings. The van der Waals surface area contributed by atoms with Crippen molar-refractivity contribution in [3.63, 3.8) is 0 Å². The summed E-state index contributed by atoms with van der Waals surface area (Å²) in [5.74, 6) is -4.43. The highest BCUT2D eigenvalue weighted by Crippen LogP contribution is 2.24. The standard InChI is InChI=1S/C12H10Cl2FNO5/c13-6-4-7(14)8(15)3-5(6)11(19)16-9(12(20)21)1-2-10(17)18/h3-4,9H,1-2H2,(H,16,19)(H,17,18)(H,20,21). The fourth-order valence-electron chi connectivity index (χ4n) is 1.46. The Bertz CT molecular complexity index is 593. The number of carboxylic acids is 2. The van der Waals surface area contributed by atoms with Crippen molar-refractivity contribution < 1.29 is 29.0 Å². The summed E-state index contributed by atoms with van der Waals surface area (Å²) in [5.41, 5.74) is -0.292. The zero-order valence-corrected chi connectivity index (χ0v) is 11.9. The molecule has 114 valence electrons. The first kappa shape index (κ1) is 17.2. The van der Waals surface area contributed by atoms with E-state index in [0.717, 1.165) is 12.1 Å². The molecular weight excluding hydrogens is 328 g/mol. The van der Waals surface area contributed by atoms with Crippen molar-refractivity contribution in [2.24, 2.45) is 0 Å². The molecule has 1 unspecified atom stereocenters. The van der Waals surface area contributed by atoms with Gasteiger partial charge >= 0.3 is 11.9 Å². The number of amides is 1. The zero-order chi connectivity index (χ0) is 16.2.